The third kappa shape index (κ3) is 4.17. The van der Waals surface area contributed by atoms with Crippen LogP contribution in [0, 0.1) is 0 Å². The van der Waals surface area contributed by atoms with E-state index in [4.69, 9.17) is 21.1 Å². The second-order valence-electron chi connectivity index (χ2n) is 6.48. The molecule has 0 aliphatic heterocycles. The molecule has 3 rings (SSSR count). The van der Waals surface area contributed by atoms with Crippen molar-refractivity contribution in [3.05, 3.63) is 53.2 Å². The minimum Gasteiger partial charge on any atom is -0.475 e. The van der Waals surface area contributed by atoms with Crippen molar-refractivity contribution in [2.24, 2.45) is 0 Å². The van der Waals surface area contributed by atoms with Gasteiger partial charge in [0.25, 0.3) is 0 Å². The second-order valence-corrected chi connectivity index (χ2v) is 6.91. The van der Waals surface area contributed by atoms with Crippen molar-refractivity contribution in [3.63, 3.8) is 0 Å². The van der Waals surface area contributed by atoms with Crippen LogP contribution in [-0.2, 0) is 14.9 Å². The van der Waals surface area contributed by atoms with Crippen molar-refractivity contribution >= 4 is 23.2 Å². The molecule has 1 heterocycles. The Kier molecular flexibility index (Phi) is 6.12. The predicted molar refractivity (Wildman–Crippen MR) is 102 cm³/mol. The maximum absolute atomic E-state index is 13.1. The molecule has 6 heteroatoms. The van der Waals surface area contributed by atoms with Crippen LogP contribution < -0.4 is 10.1 Å². The van der Waals surface area contributed by atoms with E-state index in [1.54, 1.807) is 25.4 Å². The Balaban J connectivity index is 1.71. The molecule has 0 atom stereocenters. The number of hydrogen-bond acceptors (Lipinski definition) is 4. The van der Waals surface area contributed by atoms with Gasteiger partial charge >= 0.3 is 0 Å². The Morgan fingerprint density at radius 3 is 2.50 bits per heavy atom. The summed E-state index contributed by atoms with van der Waals surface area (Å²) in [5.74, 6) is 0.514. The highest BCUT2D eigenvalue weighted by molar-refractivity contribution is 6.30. The molecule has 1 aromatic heterocycles. The van der Waals surface area contributed by atoms with Crippen LogP contribution in [0.1, 0.15) is 31.2 Å². The number of hydrogen-bond donors (Lipinski definition) is 1. The van der Waals surface area contributed by atoms with E-state index in [0.29, 0.717) is 29.8 Å². The van der Waals surface area contributed by atoms with Crippen molar-refractivity contribution in [3.8, 4) is 5.88 Å². The molecule has 1 saturated carbocycles. The maximum Gasteiger partial charge on any atom is 0.235 e. The molecule has 2 aromatic rings. The van der Waals surface area contributed by atoms with E-state index < -0.39 is 5.41 Å². The molecule has 1 fully saturated rings. The van der Waals surface area contributed by atoms with E-state index in [1.807, 2.05) is 24.3 Å². The number of carbonyl (C=O) groups is 1. The Hall–Kier alpha value is -2.11. The van der Waals surface area contributed by atoms with Crippen LogP contribution in [0.4, 0.5) is 5.69 Å². The van der Waals surface area contributed by atoms with Crippen molar-refractivity contribution < 1.29 is 14.3 Å². The lowest BCUT2D eigenvalue weighted by Crippen LogP contribution is -2.38. The Morgan fingerprint density at radius 2 is 1.88 bits per heavy atom. The molecule has 1 amide bonds. The van der Waals surface area contributed by atoms with Gasteiger partial charge in [-0.1, -0.05) is 36.6 Å². The molecule has 1 N–H and O–H groups in total. The molecule has 1 aliphatic carbocycles. The quantitative estimate of drug-likeness (QED) is 0.737. The molecule has 0 saturated heterocycles. The van der Waals surface area contributed by atoms with Gasteiger partial charge in [0.1, 0.15) is 6.61 Å². The van der Waals surface area contributed by atoms with Crippen LogP contribution in [0.15, 0.2) is 42.6 Å². The first-order valence-corrected chi connectivity index (χ1v) is 9.17. The molecule has 0 bridgehead atoms. The number of anilines is 1. The summed E-state index contributed by atoms with van der Waals surface area (Å²) in [7, 11) is 1.62. The lowest BCUT2D eigenvalue weighted by molar-refractivity contribution is -0.121. The minimum atomic E-state index is -0.502. The fraction of sp³-hybridized carbons (Fsp3) is 0.400. The van der Waals surface area contributed by atoms with E-state index in [-0.39, 0.29) is 5.91 Å². The van der Waals surface area contributed by atoms with Gasteiger partial charge in [-0.15, -0.1) is 0 Å². The summed E-state index contributed by atoms with van der Waals surface area (Å²) < 4.78 is 10.4. The molecule has 0 radical (unpaired) electrons. The molecule has 0 spiro atoms. The zero-order valence-corrected chi connectivity index (χ0v) is 15.6. The smallest absolute Gasteiger partial charge is 0.235 e. The van der Waals surface area contributed by atoms with Crippen molar-refractivity contribution in [2.75, 3.05) is 25.6 Å². The highest BCUT2D eigenvalue weighted by Crippen LogP contribution is 2.42. The molecule has 1 aromatic carbocycles. The van der Waals surface area contributed by atoms with Crippen LogP contribution in [0.3, 0.4) is 0 Å². The van der Waals surface area contributed by atoms with Crippen molar-refractivity contribution in [2.45, 2.75) is 31.1 Å². The van der Waals surface area contributed by atoms with E-state index in [9.17, 15) is 4.79 Å². The number of halogens is 1. The summed E-state index contributed by atoms with van der Waals surface area (Å²) in [6, 6.07) is 11.2. The summed E-state index contributed by atoms with van der Waals surface area (Å²) >= 11 is 6.00. The average Bonchev–Trinajstić information content (AvgIpc) is 3.15. The van der Waals surface area contributed by atoms with Gasteiger partial charge in [-0.05, 0) is 36.6 Å². The fourth-order valence-electron chi connectivity index (χ4n) is 3.41. The van der Waals surface area contributed by atoms with Gasteiger partial charge in [0, 0.05) is 18.2 Å². The molecular formula is C20H23ClN2O3. The lowest BCUT2D eigenvalue weighted by Gasteiger charge is -2.28. The normalized spacial score (nSPS) is 15.6. The van der Waals surface area contributed by atoms with Gasteiger partial charge in [0.15, 0.2) is 0 Å². The number of amides is 1. The number of benzene rings is 1. The van der Waals surface area contributed by atoms with Gasteiger partial charge in [0.05, 0.1) is 23.9 Å². The molecule has 26 heavy (non-hydrogen) atoms. The lowest BCUT2D eigenvalue weighted by atomic mass is 9.78. The molecule has 138 valence electrons. The zero-order valence-electron chi connectivity index (χ0n) is 14.8. The summed E-state index contributed by atoms with van der Waals surface area (Å²) in [6.45, 7) is 0.943. The third-order valence-corrected chi connectivity index (χ3v) is 5.07. The third-order valence-electron chi connectivity index (χ3n) is 4.82. The van der Waals surface area contributed by atoms with E-state index in [2.05, 4.69) is 10.3 Å². The summed E-state index contributed by atoms with van der Waals surface area (Å²) in [6.07, 6.45) is 5.38. The van der Waals surface area contributed by atoms with Crippen LogP contribution >= 0.6 is 11.6 Å². The number of methoxy groups -OCH3 is 1. The number of ether oxygens (including phenoxy) is 2. The Bertz CT molecular complexity index is 726. The number of nitrogens with zero attached hydrogens (tertiary/aromatic N) is 1. The number of rotatable bonds is 7. The Labute approximate surface area is 158 Å². The molecule has 1 aliphatic rings. The number of pyridine rings is 1. The van der Waals surface area contributed by atoms with Gasteiger partial charge < -0.3 is 14.8 Å². The first kappa shape index (κ1) is 18.7. The zero-order chi connectivity index (χ0) is 18.4. The monoisotopic (exact) mass is 374 g/mol. The molecular weight excluding hydrogens is 352 g/mol. The number of carbonyl (C=O) groups excluding carboxylic acids is 1. The Morgan fingerprint density at radius 1 is 1.15 bits per heavy atom. The van der Waals surface area contributed by atoms with E-state index >= 15 is 0 Å². The number of nitrogens with one attached hydrogen (secondary N) is 1. The highest BCUT2D eigenvalue weighted by atomic mass is 35.5. The second kappa shape index (κ2) is 8.52. The molecule has 0 unspecified atom stereocenters. The number of aromatic nitrogens is 1. The first-order chi connectivity index (χ1) is 12.6. The van der Waals surface area contributed by atoms with Gasteiger partial charge in [-0.25, -0.2) is 4.98 Å². The van der Waals surface area contributed by atoms with Crippen LogP contribution in [0.2, 0.25) is 5.02 Å². The van der Waals surface area contributed by atoms with E-state index in [1.165, 1.54) is 0 Å². The fourth-order valence-corrected chi connectivity index (χ4v) is 3.54. The summed E-state index contributed by atoms with van der Waals surface area (Å²) in [5.41, 5.74) is 1.18. The van der Waals surface area contributed by atoms with Crippen LogP contribution in [0.25, 0.3) is 0 Å². The SMILES string of the molecule is COCCOc1ccc(NC(=O)C2(c3ccc(Cl)cc3)CCCC2)cn1. The van der Waals surface area contributed by atoms with Crippen molar-refractivity contribution in [1.29, 1.82) is 0 Å². The minimum absolute atomic E-state index is 0.00664. The topological polar surface area (TPSA) is 60.5 Å². The predicted octanol–water partition coefficient (Wildman–Crippen LogP) is 4.21. The average molecular weight is 375 g/mol. The van der Waals surface area contributed by atoms with Crippen LogP contribution in [-0.4, -0.2) is 31.2 Å². The summed E-state index contributed by atoms with van der Waals surface area (Å²) in [5, 5.41) is 3.69. The van der Waals surface area contributed by atoms with Gasteiger partial charge in [0.2, 0.25) is 11.8 Å². The van der Waals surface area contributed by atoms with Crippen molar-refractivity contribution in [1.82, 2.24) is 4.98 Å². The summed E-state index contributed by atoms with van der Waals surface area (Å²) in [4.78, 5) is 17.3. The largest absolute Gasteiger partial charge is 0.475 e. The maximum atomic E-state index is 13.1. The highest BCUT2D eigenvalue weighted by Gasteiger charge is 2.42. The molecule has 5 nitrogen and oxygen atoms in total. The van der Waals surface area contributed by atoms with E-state index in [0.717, 1.165) is 31.2 Å². The van der Waals surface area contributed by atoms with Crippen LogP contribution in [0.5, 0.6) is 5.88 Å². The standard InChI is InChI=1S/C20H23ClN2O3/c1-25-12-13-26-18-9-8-17(14-22-18)23-19(24)20(10-2-3-11-20)15-4-6-16(21)7-5-15/h4-9,14H,2-3,10-13H2,1H3,(H,23,24). The van der Waals surface area contributed by atoms with Gasteiger partial charge in [-0.3, -0.25) is 4.79 Å². The first-order valence-electron chi connectivity index (χ1n) is 8.79. The van der Waals surface area contributed by atoms with Gasteiger partial charge in [-0.2, -0.15) is 0 Å².